The van der Waals surface area contributed by atoms with E-state index in [4.69, 9.17) is 9.73 Å². The van der Waals surface area contributed by atoms with Gasteiger partial charge in [0.05, 0.1) is 5.56 Å². The van der Waals surface area contributed by atoms with Gasteiger partial charge in [-0.25, -0.2) is 9.79 Å². The zero-order valence-electron chi connectivity index (χ0n) is 18.1. The first-order valence-electron chi connectivity index (χ1n) is 11.0. The van der Waals surface area contributed by atoms with Crippen molar-refractivity contribution in [3.63, 3.8) is 0 Å². The summed E-state index contributed by atoms with van der Waals surface area (Å²) < 4.78 is 6.22. The molecular formula is C26H26N4O2. The number of carbonyl (C=O) groups is 1. The van der Waals surface area contributed by atoms with Crippen LogP contribution in [0.15, 0.2) is 77.8 Å². The highest BCUT2D eigenvalue weighted by Gasteiger charge is 2.27. The minimum Gasteiger partial charge on any atom is -0.454 e. The van der Waals surface area contributed by atoms with Crippen molar-refractivity contribution in [2.24, 2.45) is 4.99 Å². The standard InChI is InChI=1S/C26H26N4O2/c1-19-11-12-22-24(17-19)32-23-10-6-5-9-21(23)25(28-22)29-13-15-30(16-14-29)26(31)27-18-20-7-3-2-4-8-20/h2-12,17H,13-16,18H2,1H3,(H,27,31). The molecule has 2 aliphatic rings. The molecular weight excluding hydrogens is 400 g/mol. The first kappa shape index (κ1) is 20.1. The zero-order chi connectivity index (χ0) is 21.9. The van der Waals surface area contributed by atoms with E-state index in [1.807, 2.05) is 84.6 Å². The molecule has 0 unspecified atom stereocenters. The van der Waals surface area contributed by atoms with Crippen LogP contribution in [0.1, 0.15) is 16.7 Å². The Balaban J connectivity index is 1.31. The number of hydrogen-bond donors (Lipinski definition) is 1. The van der Waals surface area contributed by atoms with Crippen LogP contribution < -0.4 is 10.1 Å². The Bertz CT molecular complexity index is 1150. The number of para-hydroxylation sites is 1. The van der Waals surface area contributed by atoms with Crippen LogP contribution in [0, 0.1) is 6.92 Å². The van der Waals surface area contributed by atoms with Gasteiger partial charge in [0, 0.05) is 32.7 Å². The van der Waals surface area contributed by atoms with E-state index in [1.54, 1.807) is 0 Å². The molecule has 0 aliphatic carbocycles. The van der Waals surface area contributed by atoms with Crippen LogP contribution in [0.25, 0.3) is 0 Å². The van der Waals surface area contributed by atoms with Gasteiger partial charge < -0.3 is 19.9 Å². The van der Waals surface area contributed by atoms with Crippen molar-refractivity contribution in [2.75, 3.05) is 26.2 Å². The van der Waals surface area contributed by atoms with Crippen LogP contribution in [0.3, 0.4) is 0 Å². The Morgan fingerprint density at radius 3 is 2.50 bits per heavy atom. The lowest BCUT2D eigenvalue weighted by molar-refractivity contribution is 0.169. The highest BCUT2D eigenvalue weighted by molar-refractivity contribution is 6.03. The highest BCUT2D eigenvalue weighted by Crippen LogP contribution is 2.38. The molecule has 2 aliphatic heterocycles. The van der Waals surface area contributed by atoms with Crippen LogP contribution in [-0.4, -0.2) is 47.8 Å². The predicted molar refractivity (Wildman–Crippen MR) is 126 cm³/mol. The number of rotatable bonds is 2. The maximum atomic E-state index is 12.6. The Morgan fingerprint density at radius 1 is 0.938 bits per heavy atom. The van der Waals surface area contributed by atoms with Crippen molar-refractivity contribution in [3.05, 3.63) is 89.5 Å². The summed E-state index contributed by atoms with van der Waals surface area (Å²) in [7, 11) is 0. The zero-order valence-corrected chi connectivity index (χ0v) is 18.1. The Hall–Kier alpha value is -3.80. The van der Waals surface area contributed by atoms with Crippen LogP contribution in [0.5, 0.6) is 11.5 Å². The number of fused-ring (bicyclic) bond motifs is 2. The molecule has 3 aromatic carbocycles. The van der Waals surface area contributed by atoms with Gasteiger partial charge in [-0.2, -0.15) is 0 Å². The second-order valence-electron chi connectivity index (χ2n) is 8.12. The fourth-order valence-electron chi connectivity index (χ4n) is 4.08. The Morgan fingerprint density at radius 2 is 1.69 bits per heavy atom. The molecule has 32 heavy (non-hydrogen) atoms. The quantitative estimate of drug-likeness (QED) is 0.646. The number of nitrogens with one attached hydrogen (secondary N) is 1. The third kappa shape index (κ3) is 4.17. The number of piperazine rings is 1. The summed E-state index contributed by atoms with van der Waals surface area (Å²) >= 11 is 0. The smallest absolute Gasteiger partial charge is 0.317 e. The number of aliphatic imine (C=N–C) groups is 1. The van der Waals surface area contributed by atoms with Crippen molar-refractivity contribution < 1.29 is 9.53 Å². The number of carbonyl (C=O) groups excluding carboxylic acids is 1. The molecule has 1 fully saturated rings. The van der Waals surface area contributed by atoms with Gasteiger partial charge in [0.1, 0.15) is 17.3 Å². The second kappa shape index (κ2) is 8.75. The minimum atomic E-state index is -0.0270. The van der Waals surface area contributed by atoms with Gasteiger partial charge in [0.2, 0.25) is 0 Å². The average molecular weight is 427 g/mol. The molecule has 0 radical (unpaired) electrons. The maximum Gasteiger partial charge on any atom is 0.317 e. The molecule has 162 valence electrons. The fraction of sp³-hybridized carbons (Fsp3) is 0.231. The number of amides is 2. The van der Waals surface area contributed by atoms with Crippen LogP contribution in [0.4, 0.5) is 10.5 Å². The van der Waals surface area contributed by atoms with Gasteiger partial charge in [-0.05, 0) is 42.3 Å². The normalized spacial score (nSPS) is 15.1. The lowest BCUT2D eigenvalue weighted by Gasteiger charge is -2.36. The van der Waals surface area contributed by atoms with Crippen LogP contribution in [-0.2, 0) is 6.54 Å². The van der Waals surface area contributed by atoms with Gasteiger partial charge in [-0.3, -0.25) is 0 Å². The number of benzene rings is 3. The number of ether oxygens (including phenoxy) is 1. The number of hydrogen-bond acceptors (Lipinski definition) is 4. The fourth-order valence-corrected chi connectivity index (χ4v) is 4.08. The summed E-state index contributed by atoms with van der Waals surface area (Å²) in [6.45, 7) is 5.30. The topological polar surface area (TPSA) is 57.2 Å². The molecule has 0 spiro atoms. The van der Waals surface area contributed by atoms with E-state index in [0.717, 1.165) is 39.7 Å². The first-order chi connectivity index (χ1) is 15.7. The molecule has 0 bridgehead atoms. The predicted octanol–water partition coefficient (Wildman–Crippen LogP) is 4.71. The summed E-state index contributed by atoms with van der Waals surface area (Å²) in [4.78, 5) is 21.8. The van der Waals surface area contributed by atoms with Crippen molar-refractivity contribution in [2.45, 2.75) is 13.5 Å². The van der Waals surface area contributed by atoms with Gasteiger partial charge in [-0.15, -0.1) is 0 Å². The van der Waals surface area contributed by atoms with E-state index >= 15 is 0 Å². The van der Waals surface area contributed by atoms with Crippen molar-refractivity contribution >= 4 is 17.6 Å². The van der Waals surface area contributed by atoms with E-state index in [0.29, 0.717) is 32.7 Å². The first-order valence-corrected chi connectivity index (χ1v) is 11.0. The van der Waals surface area contributed by atoms with E-state index in [9.17, 15) is 4.79 Å². The number of amidine groups is 1. The molecule has 0 aromatic heterocycles. The van der Waals surface area contributed by atoms with Gasteiger partial charge in [0.15, 0.2) is 5.75 Å². The summed E-state index contributed by atoms with van der Waals surface area (Å²) in [5.74, 6) is 2.47. The second-order valence-corrected chi connectivity index (χ2v) is 8.12. The van der Waals surface area contributed by atoms with E-state index in [1.165, 1.54) is 0 Å². The van der Waals surface area contributed by atoms with Crippen LogP contribution in [0.2, 0.25) is 0 Å². The molecule has 5 rings (SSSR count). The van der Waals surface area contributed by atoms with Crippen LogP contribution >= 0.6 is 0 Å². The molecule has 2 amide bonds. The third-order valence-corrected chi connectivity index (χ3v) is 5.84. The molecule has 0 atom stereocenters. The monoisotopic (exact) mass is 426 g/mol. The van der Waals surface area contributed by atoms with Crippen molar-refractivity contribution in [3.8, 4) is 11.5 Å². The lowest BCUT2D eigenvalue weighted by Crippen LogP contribution is -2.53. The molecule has 1 saturated heterocycles. The van der Waals surface area contributed by atoms with Crippen molar-refractivity contribution in [1.29, 1.82) is 0 Å². The molecule has 2 heterocycles. The highest BCUT2D eigenvalue weighted by atomic mass is 16.5. The molecule has 1 N–H and O–H groups in total. The number of nitrogens with zero attached hydrogens (tertiary/aromatic N) is 3. The molecule has 6 nitrogen and oxygen atoms in total. The molecule has 6 heteroatoms. The van der Waals surface area contributed by atoms with Gasteiger partial charge in [-0.1, -0.05) is 48.5 Å². The van der Waals surface area contributed by atoms with Crippen molar-refractivity contribution in [1.82, 2.24) is 15.1 Å². The lowest BCUT2D eigenvalue weighted by atomic mass is 10.1. The minimum absolute atomic E-state index is 0.0270. The van der Waals surface area contributed by atoms with E-state index in [-0.39, 0.29) is 6.03 Å². The van der Waals surface area contributed by atoms with Gasteiger partial charge in [0.25, 0.3) is 0 Å². The third-order valence-electron chi connectivity index (χ3n) is 5.84. The van der Waals surface area contributed by atoms with E-state index < -0.39 is 0 Å². The largest absolute Gasteiger partial charge is 0.454 e. The maximum absolute atomic E-state index is 12.6. The number of urea groups is 1. The number of aryl methyl sites for hydroxylation is 1. The summed E-state index contributed by atoms with van der Waals surface area (Å²) in [6, 6.07) is 24.0. The summed E-state index contributed by atoms with van der Waals surface area (Å²) in [5, 5.41) is 3.03. The van der Waals surface area contributed by atoms with E-state index in [2.05, 4.69) is 10.2 Å². The Labute approximate surface area is 188 Å². The summed E-state index contributed by atoms with van der Waals surface area (Å²) in [6.07, 6.45) is 0. The SMILES string of the molecule is Cc1ccc2c(c1)Oc1ccccc1C(N1CCN(C(=O)NCc3ccccc3)CC1)=N2. The average Bonchev–Trinajstić information content (AvgIpc) is 2.99. The molecule has 0 saturated carbocycles. The summed E-state index contributed by atoms with van der Waals surface area (Å²) in [5.41, 5.74) is 4.03. The van der Waals surface area contributed by atoms with Gasteiger partial charge >= 0.3 is 6.03 Å². The molecule has 3 aromatic rings. The Kier molecular flexibility index (Phi) is 5.50.